The molecule has 1 amide bonds. The largest absolute Gasteiger partial charge is 0.355 e. The number of aromatic amines is 1. The van der Waals surface area contributed by atoms with Crippen LogP contribution in [0, 0.1) is 5.41 Å². The minimum atomic E-state index is 0.0225. The zero-order valence-corrected chi connectivity index (χ0v) is 12.3. The summed E-state index contributed by atoms with van der Waals surface area (Å²) in [4.78, 5) is 15.8. The van der Waals surface area contributed by atoms with E-state index in [-0.39, 0.29) is 16.6 Å². The van der Waals surface area contributed by atoms with Crippen LogP contribution in [-0.4, -0.2) is 37.4 Å². The van der Waals surface area contributed by atoms with E-state index in [9.17, 15) is 4.79 Å². The summed E-state index contributed by atoms with van der Waals surface area (Å²) in [5.41, 5.74) is 0.178. The average molecular weight is 309 g/mol. The fourth-order valence-electron chi connectivity index (χ4n) is 2.30. The number of nitrogens with one attached hydrogen (secondary N) is 2. The van der Waals surface area contributed by atoms with E-state index in [1.807, 2.05) is 16.9 Å². The molecule has 0 aliphatic heterocycles. The SMILES string of the molecule is O=C(CCc1nc(Cl)n[nH]1)NCC1(Cn2cccn2)CC1. The number of carbonyl (C=O) groups excluding carboxylic acids is 1. The number of carbonyl (C=O) groups is 1. The van der Waals surface area contributed by atoms with Crippen LogP contribution in [0.15, 0.2) is 18.5 Å². The third kappa shape index (κ3) is 3.81. The highest BCUT2D eigenvalue weighted by atomic mass is 35.5. The quantitative estimate of drug-likeness (QED) is 0.804. The molecule has 7 nitrogen and oxygen atoms in total. The molecule has 0 bridgehead atoms. The summed E-state index contributed by atoms with van der Waals surface area (Å²) in [5, 5.41) is 13.8. The monoisotopic (exact) mass is 308 g/mol. The zero-order valence-electron chi connectivity index (χ0n) is 11.5. The van der Waals surface area contributed by atoms with Gasteiger partial charge in [0, 0.05) is 43.7 Å². The van der Waals surface area contributed by atoms with E-state index in [2.05, 4.69) is 25.6 Å². The molecule has 1 aliphatic rings. The van der Waals surface area contributed by atoms with Gasteiger partial charge in [-0.2, -0.15) is 5.10 Å². The number of aryl methyl sites for hydroxylation is 1. The molecular weight excluding hydrogens is 292 g/mol. The van der Waals surface area contributed by atoms with Crippen molar-refractivity contribution in [2.75, 3.05) is 6.54 Å². The number of hydrogen-bond acceptors (Lipinski definition) is 4. The van der Waals surface area contributed by atoms with Crippen LogP contribution in [0.3, 0.4) is 0 Å². The van der Waals surface area contributed by atoms with Gasteiger partial charge in [-0.05, 0) is 30.5 Å². The van der Waals surface area contributed by atoms with Gasteiger partial charge in [-0.1, -0.05) is 0 Å². The summed E-state index contributed by atoms with van der Waals surface area (Å²) in [6.45, 7) is 1.56. The molecular formula is C13H17ClN6O. The standard InChI is InChI=1S/C13H17ClN6O/c14-12-17-10(18-19-12)2-3-11(21)15-8-13(4-5-13)9-20-7-1-6-16-20/h1,6-7H,2-5,8-9H2,(H,15,21)(H,17,18,19). The van der Waals surface area contributed by atoms with E-state index in [1.165, 1.54) is 0 Å². The number of halogens is 1. The van der Waals surface area contributed by atoms with E-state index in [4.69, 9.17) is 11.6 Å². The van der Waals surface area contributed by atoms with Gasteiger partial charge < -0.3 is 5.32 Å². The van der Waals surface area contributed by atoms with Crippen LogP contribution in [0.4, 0.5) is 0 Å². The number of H-pyrrole nitrogens is 1. The van der Waals surface area contributed by atoms with E-state index >= 15 is 0 Å². The Kier molecular flexibility index (Phi) is 3.92. The predicted molar refractivity (Wildman–Crippen MR) is 76.6 cm³/mol. The highest BCUT2D eigenvalue weighted by molar-refractivity contribution is 6.28. The molecule has 8 heteroatoms. The minimum Gasteiger partial charge on any atom is -0.355 e. The van der Waals surface area contributed by atoms with Crippen molar-refractivity contribution in [2.24, 2.45) is 5.41 Å². The highest BCUT2D eigenvalue weighted by Gasteiger charge is 2.43. The Balaban J connectivity index is 1.41. The van der Waals surface area contributed by atoms with Crippen LogP contribution in [-0.2, 0) is 17.8 Å². The van der Waals surface area contributed by atoms with Crippen molar-refractivity contribution in [1.29, 1.82) is 0 Å². The van der Waals surface area contributed by atoms with Crippen molar-refractivity contribution in [1.82, 2.24) is 30.3 Å². The third-order valence-corrected chi connectivity index (χ3v) is 3.94. The molecule has 112 valence electrons. The summed E-state index contributed by atoms with van der Waals surface area (Å²) in [5.74, 6) is 0.655. The molecule has 1 aliphatic carbocycles. The van der Waals surface area contributed by atoms with Crippen LogP contribution in [0.5, 0.6) is 0 Å². The van der Waals surface area contributed by atoms with Crippen molar-refractivity contribution >= 4 is 17.5 Å². The number of aromatic nitrogens is 5. The molecule has 0 saturated heterocycles. The van der Waals surface area contributed by atoms with E-state index in [0.29, 0.717) is 25.2 Å². The first-order chi connectivity index (χ1) is 10.2. The molecule has 0 aromatic carbocycles. The van der Waals surface area contributed by atoms with Gasteiger partial charge in [0.1, 0.15) is 5.82 Å². The normalized spacial score (nSPS) is 15.9. The van der Waals surface area contributed by atoms with Crippen LogP contribution in [0.2, 0.25) is 5.28 Å². The fourth-order valence-corrected chi connectivity index (χ4v) is 2.44. The Morgan fingerprint density at radius 1 is 1.52 bits per heavy atom. The fraction of sp³-hybridized carbons (Fsp3) is 0.538. The van der Waals surface area contributed by atoms with E-state index < -0.39 is 0 Å². The summed E-state index contributed by atoms with van der Waals surface area (Å²) < 4.78 is 1.93. The molecule has 0 spiro atoms. The molecule has 3 rings (SSSR count). The van der Waals surface area contributed by atoms with Crippen LogP contribution < -0.4 is 5.32 Å². The highest BCUT2D eigenvalue weighted by Crippen LogP contribution is 2.46. The molecule has 2 aromatic heterocycles. The van der Waals surface area contributed by atoms with Crippen LogP contribution in [0.1, 0.15) is 25.1 Å². The van der Waals surface area contributed by atoms with Gasteiger partial charge in [0.15, 0.2) is 0 Å². The molecule has 0 atom stereocenters. The van der Waals surface area contributed by atoms with E-state index in [0.717, 1.165) is 19.4 Å². The Hall–Kier alpha value is -1.89. The average Bonchev–Trinajstić information content (AvgIpc) is 2.86. The Labute approximate surface area is 127 Å². The molecule has 0 unspecified atom stereocenters. The first-order valence-corrected chi connectivity index (χ1v) is 7.34. The second-order valence-corrected chi connectivity index (χ2v) is 5.87. The van der Waals surface area contributed by atoms with Crippen molar-refractivity contribution in [2.45, 2.75) is 32.2 Å². The molecule has 2 N–H and O–H groups in total. The van der Waals surface area contributed by atoms with Gasteiger partial charge in [0.2, 0.25) is 11.2 Å². The third-order valence-electron chi connectivity index (χ3n) is 3.77. The topological polar surface area (TPSA) is 88.5 Å². The van der Waals surface area contributed by atoms with Crippen molar-refractivity contribution in [3.63, 3.8) is 0 Å². The van der Waals surface area contributed by atoms with Crippen LogP contribution >= 0.6 is 11.6 Å². The van der Waals surface area contributed by atoms with Crippen molar-refractivity contribution in [3.8, 4) is 0 Å². The first-order valence-electron chi connectivity index (χ1n) is 6.96. The predicted octanol–water partition coefficient (Wildman–Crippen LogP) is 1.18. The number of rotatable bonds is 7. The lowest BCUT2D eigenvalue weighted by Crippen LogP contribution is -2.32. The Bertz CT molecular complexity index is 604. The minimum absolute atomic E-state index is 0.0225. The summed E-state index contributed by atoms with van der Waals surface area (Å²) in [6.07, 6.45) is 6.88. The lowest BCUT2D eigenvalue weighted by atomic mass is 10.1. The molecule has 2 heterocycles. The van der Waals surface area contributed by atoms with Crippen LogP contribution in [0.25, 0.3) is 0 Å². The maximum atomic E-state index is 11.9. The smallest absolute Gasteiger partial charge is 0.242 e. The van der Waals surface area contributed by atoms with Gasteiger partial charge in [-0.25, -0.2) is 4.98 Å². The molecule has 21 heavy (non-hydrogen) atoms. The molecule has 1 saturated carbocycles. The van der Waals surface area contributed by atoms with Gasteiger partial charge in [-0.15, -0.1) is 5.10 Å². The Morgan fingerprint density at radius 2 is 2.38 bits per heavy atom. The summed E-state index contributed by atoms with van der Waals surface area (Å²) in [6, 6.07) is 1.91. The lowest BCUT2D eigenvalue weighted by molar-refractivity contribution is -0.121. The number of hydrogen-bond donors (Lipinski definition) is 2. The summed E-state index contributed by atoms with van der Waals surface area (Å²) >= 11 is 5.61. The van der Waals surface area contributed by atoms with Gasteiger partial charge in [0.25, 0.3) is 0 Å². The molecule has 2 aromatic rings. The second kappa shape index (κ2) is 5.85. The van der Waals surface area contributed by atoms with Gasteiger partial charge in [0.05, 0.1) is 0 Å². The maximum Gasteiger partial charge on any atom is 0.242 e. The van der Waals surface area contributed by atoms with Crippen molar-refractivity contribution in [3.05, 3.63) is 29.6 Å². The lowest BCUT2D eigenvalue weighted by Gasteiger charge is -2.16. The number of amides is 1. The van der Waals surface area contributed by atoms with Crippen molar-refractivity contribution < 1.29 is 4.79 Å². The molecule has 0 radical (unpaired) electrons. The first kappa shape index (κ1) is 14.1. The molecule has 1 fully saturated rings. The van der Waals surface area contributed by atoms with Gasteiger partial charge >= 0.3 is 0 Å². The zero-order chi connectivity index (χ0) is 14.7. The second-order valence-electron chi connectivity index (χ2n) is 5.53. The summed E-state index contributed by atoms with van der Waals surface area (Å²) in [7, 11) is 0. The number of nitrogens with zero attached hydrogens (tertiary/aromatic N) is 4. The maximum absolute atomic E-state index is 11.9. The van der Waals surface area contributed by atoms with E-state index in [1.54, 1.807) is 6.20 Å². The Morgan fingerprint density at radius 3 is 3.00 bits per heavy atom. The van der Waals surface area contributed by atoms with Gasteiger partial charge in [-0.3, -0.25) is 14.6 Å².